The third-order valence-electron chi connectivity index (χ3n) is 2.96. The molecule has 0 bridgehead atoms. The Morgan fingerprint density at radius 3 is 2.50 bits per heavy atom. The van der Waals surface area contributed by atoms with Gasteiger partial charge in [-0.2, -0.15) is 0 Å². The Kier molecular flexibility index (Phi) is 2.92. The van der Waals surface area contributed by atoms with Crippen molar-refractivity contribution in [1.29, 1.82) is 0 Å². The van der Waals surface area contributed by atoms with Crippen LogP contribution in [-0.4, -0.2) is 20.3 Å². The number of fused-ring (bicyclic) bond motifs is 1. The molecule has 0 aliphatic carbocycles. The fourth-order valence-corrected chi connectivity index (χ4v) is 2.16. The lowest BCUT2D eigenvalue weighted by Gasteiger charge is -2.29. The van der Waals surface area contributed by atoms with Crippen molar-refractivity contribution >= 4 is 5.69 Å². The lowest BCUT2D eigenvalue weighted by molar-refractivity contribution is 0.354. The summed E-state index contributed by atoms with van der Waals surface area (Å²) in [5, 5.41) is 3.40. The zero-order chi connectivity index (χ0) is 11.7. The van der Waals surface area contributed by atoms with E-state index in [4.69, 9.17) is 15.2 Å². The van der Waals surface area contributed by atoms with Crippen LogP contribution in [0.2, 0.25) is 0 Å². The number of benzene rings is 1. The van der Waals surface area contributed by atoms with Crippen molar-refractivity contribution in [2.24, 2.45) is 5.73 Å². The lowest BCUT2D eigenvalue weighted by Crippen LogP contribution is -2.29. The predicted octanol–water partition coefficient (Wildman–Crippen LogP) is 1.91. The van der Waals surface area contributed by atoms with E-state index < -0.39 is 0 Å². The average Bonchev–Trinajstić information content (AvgIpc) is 2.27. The van der Waals surface area contributed by atoms with Crippen LogP contribution < -0.4 is 20.5 Å². The number of hydrogen-bond donors (Lipinski definition) is 2. The topological polar surface area (TPSA) is 56.5 Å². The largest absolute Gasteiger partial charge is 0.493 e. The van der Waals surface area contributed by atoms with Gasteiger partial charge in [0.25, 0.3) is 0 Å². The number of rotatable bonds is 2. The smallest absolute Gasteiger partial charge is 0.162 e. The Morgan fingerprint density at radius 1 is 1.25 bits per heavy atom. The number of methoxy groups -OCH3 is 2. The van der Waals surface area contributed by atoms with Crippen molar-refractivity contribution in [3.05, 3.63) is 17.7 Å². The number of hydrogen-bond acceptors (Lipinski definition) is 4. The Bertz CT molecular complexity index is 393. The van der Waals surface area contributed by atoms with E-state index in [0.717, 1.165) is 29.2 Å². The first-order valence-corrected chi connectivity index (χ1v) is 5.43. The number of nitrogens with two attached hydrogens (primary N) is 1. The molecule has 4 heteroatoms. The molecule has 1 aliphatic rings. The maximum atomic E-state index is 6.12. The van der Waals surface area contributed by atoms with Gasteiger partial charge in [0.2, 0.25) is 0 Å². The van der Waals surface area contributed by atoms with Crippen LogP contribution in [-0.2, 0) is 0 Å². The zero-order valence-electron chi connectivity index (χ0n) is 9.91. The summed E-state index contributed by atoms with van der Waals surface area (Å²) < 4.78 is 10.5. The van der Waals surface area contributed by atoms with E-state index in [0.29, 0.717) is 6.04 Å². The fourth-order valence-electron chi connectivity index (χ4n) is 2.16. The third kappa shape index (κ3) is 1.80. The quantitative estimate of drug-likeness (QED) is 0.802. The Balaban J connectivity index is 2.47. The molecule has 0 radical (unpaired) electrons. The van der Waals surface area contributed by atoms with Crippen molar-refractivity contribution in [2.45, 2.75) is 25.4 Å². The number of nitrogens with one attached hydrogen (secondary N) is 1. The molecule has 88 valence electrons. The summed E-state index contributed by atoms with van der Waals surface area (Å²) in [5.41, 5.74) is 8.25. The standard InChI is InChI=1S/C12H18N2O2/c1-7-4-9(13)8-5-11(15-2)12(16-3)6-10(8)14-7/h5-7,9,14H,4,13H2,1-3H3/t7-,9+/m0/s1. The minimum absolute atomic E-state index is 0.0612. The third-order valence-corrected chi connectivity index (χ3v) is 2.96. The van der Waals surface area contributed by atoms with E-state index in [-0.39, 0.29) is 6.04 Å². The minimum atomic E-state index is 0.0612. The molecule has 1 aromatic rings. The highest BCUT2D eigenvalue weighted by Gasteiger charge is 2.23. The highest BCUT2D eigenvalue weighted by Crippen LogP contribution is 2.39. The van der Waals surface area contributed by atoms with Crippen molar-refractivity contribution < 1.29 is 9.47 Å². The molecule has 2 rings (SSSR count). The van der Waals surface area contributed by atoms with Gasteiger partial charge in [0.1, 0.15) is 0 Å². The molecule has 0 fully saturated rings. The molecule has 16 heavy (non-hydrogen) atoms. The van der Waals surface area contributed by atoms with Crippen LogP contribution in [0.25, 0.3) is 0 Å². The molecule has 0 saturated heterocycles. The van der Waals surface area contributed by atoms with E-state index in [1.54, 1.807) is 14.2 Å². The van der Waals surface area contributed by atoms with Gasteiger partial charge >= 0.3 is 0 Å². The van der Waals surface area contributed by atoms with Crippen LogP contribution >= 0.6 is 0 Å². The molecule has 1 aliphatic heterocycles. The summed E-state index contributed by atoms with van der Waals surface area (Å²) in [6.07, 6.45) is 0.933. The molecule has 4 nitrogen and oxygen atoms in total. The molecule has 1 aromatic carbocycles. The summed E-state index contributed by atoms with van der Waals surface area (Å²) in [4.78, 5) is 0. The molecule has 0 amide bonds. The van der Waals surface area contributed by atoms with Crippen LogP contribution in [0.5, 0.6) is 11.5 Å². The molecule has 0 unspecified atom stereocenters. The SMILES string of the molecule is COc1cc2c(cc1OC)[C@H](N)C[C@H](C)N2. The van der Waals surface area contributed by atoms with Gasteiger partial charge < -0.3 is 20.5 Å². The monoisotopic (exact) mass is 222 g/mol. The second kappa shape index (κ2) is 4.22. The second-order valence-corrected chi connectivity index (χ2v) is 4.18. The van der Waals surface area contributed by atoms with Gasteiger partial charge in [-0.05, 0) is 25.0 Å². The summed E-state index contributed by atoms with van der Waals surface area (Å²) >= 11 is 0. The van der Waals surface area contributed by atoms with Crippen molar-refractivity contribution in [1.82, 2.24) is 0 Å². The highest BCUT2D eigenvalue weighted by molar-refractivity contribution is 5.63. The summed E-state index contributed by atoms with van der Waals surface area (Å²) in [7, 11) is 3.27. The molecule has 2 atom stereocenters. The van der Waals surface area contributed by atoms with Gasteiger partial charge in [-0.25, -0.2) is 0 Å². The summed E-state index contributed by atoms with van der Waals surface area (Å²) in [6.45, 7) is 2.12. The van der Waals surface area contributed by atoms with Crippen LogP contribution in [0.3, 0.4) is 0 Å². The van der Waals surface area contributed by atoms with E-state index in [9.17, 15) is 0 Å². The molecular formula is C12H18N2O2. The van der Waals surface area contributed by atoms with Gasteiger partial charge in [-0.1, -0.05) is 0 Å². The van der Waals surface area contributed by atoms with E-state index in [2.05, 4.69) is 12.2 Å². The Morgan fingerprint density at radius 2 is 1.88 bits per heavy atom. The van der Waals surface area contributed by atoms with Gasteiger partial charge in [-0.3, -0.25) is 0 Å². The van der Waals surface area contributed by atoms with Crippen molar-refractivity contribution in [3.63, 3.8) is 0 Å². The van der Waals surface area contributed by atoms with Gasteiger partial charge in [0.15, 0.2) is 11.5 Å². The van der Waals surface area contributed by atoms with Crippen molar-refractivity contribution in [2.75, 3.05) is 19.5 Å². The maximum absolute atomic E-state index is 6.12. The molecule has 3 N–H and O–H groups in total. The lowest BCUT2D eigenvalue weighted by atomic mass is 9.94. The first-order valence-electron chi connectivity index (χ1n) is 5.43. The minimum Gasteiger partial charge on any atom is -0.493 e. The Hall–Kier alpha value is -1.42. The van der Waals surface area contributed by atoms with Crippen LogP contribution in [0, 0.1) is 0 Å². The zero-order valence-corrected chi connectivity index (χ0v) is 9.91. The van der Waals surface area contributed by atoms with Gasteiger partial charge in [0, 0.05) is 23.8 Å². The van der Waals surface area contributed by atoms with E-state index in [1.807, 2.05) is 12.1 Å². The number of ether oxygens (including phenoxy) is 2. The van der Waals surface area contributed by atoms with Crippen LogP contribution in [0.15, 0.2) is 12.1 Å². The van der Waals surface area contributed by atoms with Crippen molar-refractivity contribution in [3.8, 4) is 11.5 Å². The second-order valence-electron chi connectivity index (χ2n) is 4.18. The molecular weight excluding hydrogens is 204 g/mol. The van der Waals surface area contributed by atoms with Crippen LogP contribution in [0.4, 0.5) is 5.69 Å². The molecule has 0 spiro atoms. The molecule has 0 saturated carbocycles. The molecule has 0 aromatic heterocycles. The van der Waals surface area contributed by atoms with E-state index in [1.165, 1.54) is 0 Å². The maximum Gasteiger partial charge on any atom is 0.162 e. The summed E-state index contributed by atoms with van der Waals surface area (Å²) in [5.74, 6) is 1.46. The predicted molar refractivity (Wildman–Crippen MR) is 64.2 cm³/mol. The van der Waals surface area contributed by atoms with E-state index >= 15 is 0 Å². The first-order chi connectivity index (χ1) is 7.65. The fraction of sp³-hybridized carbons (Fsp3) is 0.500. The summed E-state index contributed by atoms with van der Waals surface area (Å²) in [6, 6.07) is 4.35. The Labute approximate surface area is 95.7 Å². The molecule has 1 heterocycles. The number of anilines is 1. The first kappa shape index (κ1) is 11.1. The highest BCUT2D eigenvalue weighted by atomic mass is 16.5. The van der Waals surface area contributed by atoms with Gasteiger partial charge in [0.05, 0.1) is 14.2 Å². The van der Waals surface area contributed by atoms with Crippen LogP contribution in [0.1, 0.15) is 24.9 Å². The average molecular weight is 222 g/mol. The van der Waals surface area contributed by atoms with Gasteiger partial charge in [-0.15, -0.1) is 0 Å². The normalized spacial score (nSPS) is 23.2.